The van der Waals surface area contributed by atoms with Crippen LogP contribution in [0.15, 0.2) is 55.2 Å². The Labute approximate surface area is 143 Å². The largest absolute Gasteiger partial charge is 0.337 e. The standard InChI is InChI=1S/C22H22N2/c1-4-16-6-7-18-14-24(15(3)20(18)12-16)19-8-9-22-21(13-19)17(5-2)10-11-23-22/h6-13H,3-5,14H2,1-2H3. The number of hydrogen-bond donors (Lipinski definition) is 0. The monoisotopic (exact) mass is 314 g/mol. The number of aryl methyl sites for hydroxylation is 2. The van der Waals surface area contributed by atoms with Crippen molar-refractivity contribution >= 4 is 22.3 Å². The van der Waals surface area contributed by atoms with Gasteiger partial charge in [0.1, 0.15) is 0 Å². The van der Waals surface area contributed by atoms with Crippen molar-refractivity contribution in [2.24, 2.45) is 0 Å². The van der Waals surface area contributed by atoms with Crippen LogP contribution in [0.3, 0.4) is 0 Å². The third-order valence-electron chi connectivity index (χ3n) is 5.06. The molecule has 1 aliphatic rings. The fraction of sp³-hybridized carbons (Fsp3) is 0.227. The van der Waals surface area contributed by atoms with Crippen LogP contribution in [0, 0.1) is 0 Å². The molecule has 0 saturated heterocycles. The Morgan fingerprint density at radius 3 is 2.71 bits per heavy atom. The predicted molar refractivity (Wildman–Crippen MR) is 102 cm³/mol. The molecule has 1 aromatic heterocycles. The smallest absolute Gasteiger partial charge is 0.0706 e. The van der Waals surface area contributed by atoms with Crippen molar-refractivity contribution in [3.05, 3.63) is 77.5 Å². The van der Waals surface area contributed by atoms with Crippen LogP contribution in [0.2, 0.25) is 0 Å². The zero-order valence-electron chi connectivity index (χ0n) is 14.3. The van der Waals surface area contributed by atoms with Gasteiger partial charge >= 0.3 is 0 Å². The Kier molecular flexibility index (Phi) is 3.61. The molecule has 0 fully saturated rings. The van der Waals surface area contributed by atoms with Crippen molar-refractivity contribution in [2.45, 2.75) is 33.2 Å². The molecule has 4 rings (SSSR count). The van der Waals surface area contributed by atoms with E-state index >= 15 is 0 Å². The lowest BCUT2D eigenvalue weighted by atomic mass is 10.0. The Bertz CT molecular complexity index is 940. The summed E-state index contributed by atoms with van der Waals surface area (Å²) >= 11 is 0. The average Bonchev–Trinajstić information content (AvgIpc) is 2.96. The molecule has 120 valence electrons. The van der Waals surface area contributed by atoms with Gasteiger partial charge in [0.05, 0.1) is 5.52 Å². The highest BCUT2D eigenvalue weighted by Crippen LogP contribution is 2.37. The molecule has 2 aromatic carbocycles. The van der Waals surface area contributed by atoms with Crippen LogP contribution in [0.4, 0.5) is 5.69 Å². The van der Waals surface area contributed by atoms with E-state index in [0.29, 0.717) is 0 Å². The summed E-state index contributed by atoms with van der Waals surface area (Å²) in [4.78, 5) is 6.81. The van der Waals surface area contributed by atoms with Gasteiger partial charge in [-0.25, -0.2) is 0 Å². The van der Waals surface area contributed by atoms with Gasteiger partial charge in [0.2, 0.25) is 0 Å². The molecule has 1 aliphatic heterocycles. The van der Waals surface area contributed by atoms with Crippen LogP contribution in [0.25, 0.3) is 16.6 Å². The highest BCUT2D eigenvalue weighted by molar-refractivity contribution is 5.90. The van der Waals surface area contributed by atoms with Gasteiger partial charge in [-0.1, -0.05) is 32.6 Å². The fourth-order valence-corrected chi connectivity index (χ4v) is 3.58. The topological polar surface area (TPSA) is 16.1 Å². The van der Waals surface area contributed by atoms with Crippen molar-refractivity contribution < 1.29 is 0 Å². The molecule has 0 spiro atoms. The molecule has 2 heteroatoms. The van der Waals surface area contributed by atoms with E-state index in [-0.39, 0.29) is 0 Å². The van der Waals surface area contributed by atoms with Gasteiger partial charge in [-0.2, -0.15) is 0 Å². The van der Waals surface area contributed by atoms with E-state index in [1.807, 2.05) is 6.20 Å². The van der Waals surface area contributed by atoms with E-state index in [2.05, 4.69) is 72.8 Å². The summed E-state index contributed by atoms with van der Waals surface area (Å²) in [5.74, 6) is 0. The molecule has 24 heavy (non-hydrogen) atoms. The van der Waals surface area contributed by atoms with E-state index in [1.165, 1.54) is 33.3 Å². The van der Waals surface area contributed by atoms with E-state index in [1.54, 1.807) is 0 Å². The third-order valence-corrected chi connectivity index (χ3v) is 5.06. The number of rotatable bonds is 3. The molecular formula is C22H22N2. The average molecular weight is 314 g/mol. The Balaban J connectivity index is 1.77. The van der Waals surface area contributed by atoms with Crippen LogP contribution in [-0.4, -0.2) is 4.98 Å². The van der Waals surface area contributed by atoms with E-state index in [9.17, 15) is 0 Å². The van der Waals surface area contributed by atoms with Gasteiger partial charge in [-0.05, 0) is 59.9 Å². The summed E-state index contributed by atoms with van der Waals surface area (Å²) in [6, 6.07) is 15.4. The minimum Gasteiger partial charge on any atom is -0.337 e. The molecule has 3 aromatic rings. The molecule has 2 heterocycles. The van der Waals surface area contributed by atoms with Crippen LogP contribution in [-0.2, 0) is 19.4 Å². The van der Waals surface area contributed by atoms with Crippen molar-refractivity contribution in [1.29, 1.82) is 0 Å². The maximum atomic E-state index is 4.50. The van der Waals surface area contributed by atoms with Crippen molar-refractivity contribution in [3.63, 3.8) is 0 Å². The molecule has 0 amide bonds. The summed E-state index contributed by atoms with van der Waals surface area (Å²) in [7, 11) is 0. The van der Waals surface area contributed by atoms with Crippen LogP contribution in [0.5, 0.6) is 0 Å². The molecule has 0 saturated carbocycles. The molecule has 0 unspecified atom stereocenters. The second-order valence-corrected chi connectivity index (χ2v) is 6.40. The van der Waals surface area contributed by atoms with Crippen LogP contribution < -0.4 is 4.90 Å². The minimum atomic E-state index is 0.894. The van der Waals surface area contributed by atoms with Gasteiger partial charge in [0.15, 0.2) is 0 Å². The van der Waals surface area contributed by atoms with Crippen LogP contribution >= 0.6 is 0 Å². The van der Waals surface area contributed by atoms with Crippen molar-refractivity contribution in [2.75, 3.05) is 4.90 Å². The number of hydrogen-bond acceptors (Lipinski definition) is 2. The minimum absolute atomic E-state index is 0.894. The van der Waals surface area contributed by atoms with Gasteiger partial charge in [0.25, 0.3) is 0 Å². The first-order chi connectivity index (χ1) is 11.7. The van der Waals surface area contributed by atoms with Gasteiger partial charge in [-0.15, -0.1) is 0 Å². The SMILES string of the molecule is C=C1c2cc(CC)ccc2CN1c1ccc2nccc(CC)c2c1. The number of aromatic nitrogens is 1. The Hall–Kier alpha value is -2.61. The second kappa shape index (κ2) is 5.79. The first kappa shape index (κ1) is 14.9. The highest BCUT2D eigenvalue weighted by Gasteiger charge is 2.24. The van der Waals surface area contributed by atoms with Gasteiger partial charge in [0, 0.05) is 35.1 Å². The quantitative estimate of drug-likeness (QED) is 0.648. The Morgan fingerprint density at radius 2 is 1.92 bits per heavy atom. The maximum Gasteiger partial charge on any atom is 0.0706 e. The van der Waals surface area contributed by atoms with Crippen molar-refractivity contribution in [1.82, 2.24) is 4.98 Å². The zero-order chi connectivity index (χ0) is 16.7. The van der Waals surface area contributed by atoms with E-state index in [4.69, 9.17) is 0 Å². The number of fused-ring (bicyclic) bond motifs is 2. The first-order valence-corrected chi connectivity index (χ1v) is 8.67. The maximum absolute atomic E-state index is 4.50. The number of benzene rings is 2. The van der Waals surface area contributed by atoms with Gasteiger partial charge < -0.3 is 4.90 Å². The van der Waals surface area contributed by atoms with E-state index < -0.39 is 0 Å². The zero-order valence-corrected chi connectivity index (χ0v) is 14.3. The Morgan fingerprint density at radius 1 is 1.04 bits per heavy atom. The fourth-order valence-electron chi connectivity index (χ4n) is 3.58. The normalized spacial score (nSPS) is 13.6. The lowest BCUT2D eigenvalue weighted by molar-refractivity contribution is 1.04. The first-order valence-electron chi connectivity index (χ1n) is 8.67. The lowest BCUT2D eigenvalue weighted by Gasteiger charge is -2.20. The summed E-state index contributed by atoms with van der Waals surface area (Å²) in [6.07, 6.45) is 3.98. The third kappa shape index (κ3) is 2.30. The molecule has 0 N–H and O–H groups in total. The number of anilines is 1. The predicted octanol–water partition coefficient (Wildman–Crippen LogP) is 5.35. The lowest BCUT2D eigenvalue weighted by Crippen LogP contribution is -2.12. The molecule has 0 atom stereocenters. The summed E-state index contributed by atoms with van der Waals surface area (Å²) in [6.45, 7) is 9.64. The summed E-state index contributed by atoms with van der Waals surface area (Å²) in [5, 5.41) is 1.25. The molecule has 0 aliphatic carbocycles. The summed E-state index contributed by atoms with van der Waals surface area (Å²) < 4.78 is 0. The number of nitrogens with zero attached hydrogens (tertiary/aromatic N) is 2. The molecule has 0 radical (unpaired) electrons. The summed E-state index contributed by atoms with van der Waals surface area (Å²) in [5.41, 5.74) is 8.72. The molecule has 0 bridgehead atoms. The molecule has 2 nitrogen and oxygen atoms in total. The van der Waals surface area contributed by atoms with E-state index in [0.717, 1.165) is 30.6 Å². The second-order valence-electron chi connectivity index (χ2n) is 6.40. The molecular weight excluding hydrogens is 292 g/mol. The highest BCUT2D eigenvalue weighted by atomic mass is 15.2. The number of pyridine rings is 1. The van der Waals surface area contributed by atoms with Crippen LogP contribution in [0.1, 0.15) is 36.1 Å². The van der Waals surface area contributed by atoms with Gasteiger partial charge in [-0.3, -0.25) is 4.98 Å². The van der Waals surface area contributed by atoms with Crippen molar-refractivity contribution in [3.8, 4) is 0 Å².